The van der Waals surface area contributed by atoms with Gasteiger partial charge in [0, 0.05) is 49.0 Å². The van der Waals surface area contributed by atoms with Gasteiger partial charge in [-0.05, 0) is 88.4 Å². The van der Waals surface area contributed by atoms with Crippen LogP contribution in [0.5, 0.6) is 23.3 Å². The molecule has 24 heteroatoms. The molecule has 4 aromatic heterocycles. The van der Waals surface area contributed by atoms with Gasteiger partial charge < -0.3 is 29.5 Å². The Balaban J connectivity index is 0.000000258. The molecule has 0 fully saturated rings. The lowest BCUT2D eigenvalue weighted by molar-refractivity contribution is -0.139. The van der Waals surface area contributed by atoms with Gasteiger partial charge in [0.05, 0.1) is 38.1 Å². The van der Waals surface area contributed by atoms with Crippen molar-refractivity contribution in [1.82, 2.24) is 19.9 Å². The Morgan fingerprint density at radius 1 is 0.638 bits per heavy atom. The zero-order chi connectivity index (χ0) is 51.1. The van der Waals surface area contributed by atoms with Crippen LogP contribution in [0.25, 0.3) is 0 Å². The molecule has 6 aromatic rings. The van der Waals surface area contributed by atoms with Crippen LogP contribution in [0.2, 0.25) is 10.0 Å². The molecule has 0 bridgehead atoms. The van der Waals surface area contributed by atoms with E-state index in [1.54, 1.807) is 33.8 Å². The third kappa shape index (κ3) is 12.4. The predicted molar refractivity (Wildman–Crippen MR) is 232 cm³/mol. The van der Waals surface area contributed by atoms with Crippen LogP contribution in [-0.4, -0.2) is 66.0 Å². The summed E-state index contributed by atoms with van der Waals surface area (Å²) < 4.78 is 105. The van der Waals surface area contributed by atoms with Crippen molar-refractivity contribution in [2.45, 2.75) is 52.1 Å². The van der Waals surface area contributed by atoms with Gasteiger partial charge in [-0.3, -0.25) is 9.59 Å². The summed E-state index contributed by atoms with van der Waals surface area (Å²) in [7, 11) is 0. The first-order chi connectivity index (χ1) is 32.3. The van der Waals surface area contributed by atoms with Crippen LogP contribution in [0, 0.1) is 17.1 Å². The van der Waals surface area contributed by atoms with Crippen molar-refractivity contribution >= 4 is 58.3 Å². The van der Waals surface area contributed by atoms with E-state index in [1.807, 2.05) is 0 Å². The molecular weight excluding hydrogens is 970 g/mol. The highest BCUT2D eigenvalue weighted by atomic mass is 35.5. The van der Waals surface area contributed by atoms with Gasteiger partial charge in [0.15, 0.2) is 11.6 Å². The fourth-order valence-corrected chi connectivity index (χ4v) is 6.41. The van der Waals surface area contributed by atoms with Crippen LogP contribution in [0.4, 0.5) is 42.1 Å². The van der Waals surface area contributed by atoms with Gasteiger partial charge in [-0.25, -0.2) is 33.9 Å². The monoisotopic (exact) mass is 1000 g/mol. The number of ether oxygens (including phenoxy) is 2. The highest BCUT2D eigenvalue weighted by Crippen LogP contribution is 2.41. The van der Waals surface area contributed by atoms with Gasteiger partial charge in [0.25, 0.3) is 11.8 Å². The zero-order valence-electron chi connectivity index (χ0n) is 35.8. The molecule has 0 unspecified atom stereocenters. The maximum Gasteiger partial charge on any atom is 0.421 e. The number of halogens is 9. The molecule has 4 heterocycles. The molecule has 2 aromatic carbocycles. The summed E-state index contributed by atoms with van der Waals surface area (Å²) in [4.78, 5) is 67.3. The van der Waals surface area contributed by atoms with E-state index in [9.17, 15) is 65.4 Å². The SMILES string of the molecule is CC(C)N(C(=O)c1ccc(Cl)cn1)c1cc(C#N)c(Oc2ncccc2C(F)(F)F)cc1C(=O)O.CC(C)N(C(=O)c1ccc(Cl)cn1)c1cc(F)c(Oc2ncccc2C(F)(F)F)cc1C(=O)O. The molecule has 358 valence electrons. The number of pyridine rings is 4. The van der Waals surface area contributed by atoms with Crippen LogP contribution in [0.3, 0.4) is 0 Å². The quantitative estimate of drug-likeness (QED) is 0.109. The molecule has 2 amide bonds. The van der Waals surface area contributed by atoms with Crippen molar-refractivity contribution in [1.29, 1.82) is 5.26 Å². The van der Waals surface area contributed by atoms with Gasteiger partial charge in [0.2, 0.25) is 11.8 Å². The Kier molecular flexibility index (Phi) is 16.1. The molecule has 0 saturated heterocycles. The molecule has 0 saturated carbocycles. The van der Waals surface area contributed by atoms with E-state index in [1.165, 1.54) is 36.7 Å². The second kappa shape index (κ2) is 21.4. The molecule has 0 spiro atoms. The van der Waals surface area contributed by atoms with E-state index < -0.39 is 99.5 Å². The number of rotatable bonds is 12. The van der Waals surface area contributed by atoms with Crippen LogP contribution in [0.15, 0.2) is 97.6 Å². The highest BCUT2D eigenvalue weighted by molar-refractivity contribution is 6.30. The minimum Gasteiger partial charge on any atom is -0.478 e. The lowest BCUT2D eigenvalue weighted by Crippen LogP contribution is -2.38. The number of benzene rings is 2. The van der Waals surface area contributed by atoms with Crippen molar-refractivity contribution in [2.24, 2.45) is 0 Å². The maximum atomic E-state index is 15.0. The zero-order valence-corrected chi connectivity index (χ0v) is 37.3. The number of amides is 2. The average molecular weight is 1000 g/mol. The van der Waals surface area contributed by atoms with Gasteiger partial charge in [0.1, 0.15) is 34.3 Å². The summed E-state index contributed by atoms with van der Waals surface area (Å²) in [6.45, 7) is 6.34. The topological polar surface area (TPSA) is 209 Å². The summed E-state index contributed by atoms with van der Waals surface area (Å²) in [5, 5.41) is 29.7. The number of alkyl halides is 6. The molecular formula is C45H32Cl2F7N7O8. The molecule has 0 radical (unpaired) electrons. The number of hydrogen-bond acceptors (Lipinski definition) is 11. The number of aromatic nitrogens is 4. The molecule has 2 N–H and O–H groups in total. The molecule has 6 rings (SSSR count). The average Bonchev–Trinajstić information content (AvgIpc) is 3.27. The molecule has 0 aliphatic carbocycles. The number of nitrogens with zero attached hydrogens (tertiary/aromatic N) is 7. The molecule has 0 atom stereocenters. The number of carbonyl (C=O) groups excluding carboxylic acids is 2. The molecule has 0 aliphatic rings. The Morgan fingerprint density at radius 2 is 1.04 bits per heavy atom. The van der Waals surface area contributed by atoms with Crippen molar-refractivity contribution in [3.05, 3.63) is 153 Å². The minimum atomic E-state index is -4.85. The van der Waals surface area contributed by atoms with Crippen molar-refractivity contribution in [3.63, 3.8) is 0 Å². The molecule has 15 nitrogen and oxygen atoms in total. The fraction of sp³-hybridized carbons (Fsp3) is 0.178. The second-order valence-corrected chi connectivity index (χ2v) is 15.4. The van der Waals surface area contributed by atoms with Crippen LogP contribution in [0.1, 0.15) is 86.1 Å². The van der Waals surface area contributed by atoms with Gasteiger partial charge in [-0.1, -0.05) is 23.2 Å². The predicted octanol–water partition coefficient (Wildman–Crippen LogP) is 11.4. The van der Waals surface area contributed by atoms with E-state index in [2.05, 4.69) is 19.9 Å². The van der Waals surface area contributed by atoms with Crippen LogP contribution >= 0.6 is 23.2 Å². The number of nitriles is 1. The number of carboxylic acids is 2. The second-order valence-electron chi connectivity index (χ2n) is 14.6. The number of hydrogen-bond donors (Lipinski definition) is 2. The first kappa shape index (κ1) is 52.1. The Hall–Kier alpha value is -7.90. The van der Waals surface area contributed by atoms with Crippen molar-refractivity contribution < 1.29 is 69.6 Å². The van der Waals surface area contributed by atoms with Gasteiger partial charge in [-0.15, -0.1) is 0 Å². The van der Waals surface area contributed by atoms with Gasteiger partial charge in [-0.2, -0.15) is 31.6 Å². The van der Waals surface area contributed by atoms with E-state index >= 15 is 0 Å². The first-order valence-corrected chi connectivity index (χ1v) is 20.3. The normalized spacial score (nSPS) is 11.3. The van der Waals surface area contributed by atoms with E-state index in [0.29, 0.717) is 18.2 Å². The number of anilines is 2. The van der Waals surface area contributed by atoms with Crippen molar-refractivity contribution in [3.8, 4) is 29.3 Å². The lowest BCUT2D eigenvalue weighted by Gasteiger charge is -2.28. The minimum absolute atomic E-state index is 0.0402. The number of carbonyl (C=O) groups is 4. The highest BCUT2D eigenvalue weighted by Gasteiger charge is 2.37. The molecule has 0 aliphatic heterocycles. The summed E-state index contributed by atoms with van der Waals surface area (Å²) >= 11 is 11.6. The van der Waals surface area contributed by atoms with Gasteiger partial charge >= 0.3 is 24.3 Å². The smallest absolute Gasteiger partial charge is 0.421 e. The number of aromatic carboxylic acids is 2. The molecule has 69 heavy (non-hydrogen) atoms. The van der Waals surface area contributed by atoms with E-state index in [4.69, 9.17) is 32.7 Å². The Morgan fingerprint density at radius 3 is 1.41 bits per heavy atom. The lowest BCUT2D eigenvalue weighted by atomic mass is 10.0. The van der Waals surface area contributed by atoms with Crippen LogP contribution < -0.4 is 19.3 Å². The van der Waals surface area contributed by atoms with E-state index in [-0.39, 0.29) is 38.4 Å². The fourth-order valence-electron chi connectivity index (χ4n) is 6.18. The number of carboxylic acid groups (broad SMARTS) is 2. The summed E-state index contributed by atoms with van der Waals surface area (Å²) in [6, 6.07) is 12.8. The Bertz CT molecular complexity index is 2950. The van der Waals surface area contributed by atoms with E-state index in [0.717, 1.165) is 52.5 Å². The first-order valence-electron chi connectivity index (χ1n) is 19.5. The third-order valence-corrected chi connectivity index (χ3v) is 9.63. The summed E-state index contributed by atoms with van der Waals surface area (Å²) in [5.74, 6) is -8.81. The third-order valence-electron chi connectivity index (χ3n) is 9.18. The van der Waals surface area contributed by atoms with Crippen LogP contribution in [-0.2, 0) is 12.4 Å². The maximum absolute atomic E-state index is 15.0. The Labute approximate surface area is 395 Å². The largest absolute Gasteiger partial charge is 0.478 e. The summed E-state index contributed by atoms with van der Waals surface area (Å²) in [6.07, 6.45) is -5.13. The standard InChI is InChI=1S/C23H16ClF3N4O4.C22H16ClF4N3O4/c1-12(2)31(21(32)17-6-5-14(24)11-30-17)18-8-13(10-28)19(9-15(18)22(33)34)35-20-16(23(25,26)27)4-3-7-29-20;1-11(2)30(20(31)16-6-5-12(23)10-29-16)17-9-15(24)18(8-13(17)21(32)33)34-19-14(22(25,26)27)4-3-7-28-19/h3-9,11-12H,1-2H3,(H,33,34);3-11H,1-2H3,(H,32,33). The summed E-state index contributed by atoms with van der Waals surface area (Å²) in [5.41, 5.74) is -4.51. The van der Waals surface area contributed by atoms with Crippen molar-refractivity contribution in [2.75, 3.05) is 9.80 Å².